The second-order valence-corrected chi connectivity index (χ2v) is 4.26. The highest BCUT2D eigenvalue weighted by Gasteiger charge is 2.24. The van der Waals surface area contributed by atoms with E-state index in [2.05, 4.69) is 10.3 Å². The number of esters is 1. The van der Waals surface area contributed by atoms with Crippen molar-refractivity contribution in [2.24, 2.45) is 7.05 Å². The molecule has 0 aliphatic rings. The summed E-state index contributed by atoms with van der Waals surface area (Å²) in [4.78, 5) is 27.8. The number of nitrogens with one attached hydrogen (secondary N) is 1. The van der Waals surface area contributed by atoms with E-state index in [0.29, 0.717) is 5.56 Å². The number of hydrogen-bond donors (Lipinski definition) is 1. The molecule has 0 radical (unpaired) electrons. The standard InChI is InChI=1S/C14H15N3O3/c1-17-8-11(15-9-17)13(18)16-12(14(19)20-2)10-6-4-3-5-7-10/h3-9,12H,1-2H3,(H,16,18). The molecule has 6 heteroatoms. The molecule has 1 aromatic carbocycles. The monoisotopic (exact) mass is 273 g/mol. The molecule has 0 aliphatic carbocycles. The molecule has 1 heterocycles. The van der Waals surface area contributed by atoms with Crippen LogP contribution in [0.15, 0.2) is 42.9 Å². The first-order chi connectivity index (χ1) is 9.61. The van der Waals surface area contributed by atoms with Crippen molar-refractivity contribution in [3.8, 4) is 0 Å². The normalized spacial score (nSPS) is 11.7. The van der Waals surface area contributed by atoms with Gasteiger partial charge in [-0.05, 0) is 5.56 Å². The summed E-state index contributed by atoms with van der Waals surface area (Å²) < 4.78 is 6.39. The summed E-state index contributed by atoms with van der Waals surface area (Å²) in [7, 11) is 3.05. The van der Waals surface area contributed by atoms with E-state index in [1.807, 2.05) is 6.07 Å². The molecule has 0 spiro atoms. The third-order valence-electron chi connectivity index (χ3n) is 2.78. The lowest BCUT2D eigenvalue weighted by Crippen LogP contribution is -2.34. The van der Waals surface area contributed by atoms with Crippen molar-refractivity contribution in [1.82, 2.24) is 14.9 Å². The van der Waals surface area contributed by atoms with Gasteiger partial charge in [0.15, 0.2) is 6.04 Å². The lowest BCUT2D eigenvalue weighted by molar-refractivity contribution is -0.143. The smallest absolute Gasteiger partial charge is 0.333 e. The summed E-state index contributed by atoms with van der Waals surface area (Å²) >= 11 is 0. The van der Waals surface area contributed by atoms with Crippen LogP contribution >= 0.6 is 0 Å². The first kappa shape index (κ1) is 13.8. The first-order valence-corrected chi connectivity index (χ1v) is 6.03. The molecule has 0 aliphatic heterocycles. The summed E-state index contributed by atoms with van der Waals surface area (Å²) in [5.74, 6) is -0.953. The molecule has 0 fully saturated rings. The Morgan fingerprint density at radius 1 is 1.30 bits per heavy atom. The van der Waals surface area contributed by atoms with Crippen LogP contribution in [0.25, 0.3) is 0 Å². The van der Waals surface area contributed by atoms with Crippen LogP contribution in [0.5, 0.6) is 0 Å². The number of carbonyl (C=O) groups is 2. The Morgan fingerprint density at radius 2 is 2.00 bits per heavy atom. The van der Waals surface area contributed by atoms with E-state index < -0.39 is 17.9 Å². The zero-order valence-corrected chi connectivity index (χ0v) is 11.2. The van der Waals surface area contributed by atoms with Crippen molar-refractivity contribution in [3.63, 3.8) is 0 Å². The van der Waals surface area contributed by atoms with Crippen molar-refractivity contribution >= 4 is 11.9 Å². The van der Waals surface area contributed by atoms with Gasteiger partial charge in [0.05, 0.1) is 13.4 Å². The average molecular weight is 273 g/mol. The largest absolute Gasteiger partial charge is 0.467 e. The van der Waals surface area contributed by atoms with Crippen LogP contribution in [0.3, 0.4) is 0 Å². The number of benzene rings is 1. The Bertz CT molecular complexity index is 607. The number of hydrogen-bond acceptors (Lipinski definition) is 4. The molecule has 20 heavy (non-hydrogen) atoms. The Labute approximate surface area is 116 Å². The predicted molar refractivity (Wildman–Crippen MR) is 71.9 cm³/mol. The van der Waals surface area contributed by atoms with E-state index in [9.17, 15) is 9.59 Å². The van der Waals surface area contributed by atoms with Gasteiger partial charge in [-0.15, -0.1) is 0 Å². The second-order valence-electron chi connectivity index (χ2n) is 4.26. The van der Waals surface area contributed by atoms with Gasteiger partial charge in [-0.25, -0.2) is 9.78 Å². The molecule has 1 atom stereocenters. The maximum atomic E-state index is 12.1. The van der Waals surface area contributed by atoms with Gasteiger partial charge in [0.1, 0.15) is 5.69 Å². The van der Waals surface area contributed by atoms with Crippen molar-refractivity contribution in [3.05, 3.63) is 54.1 Å². The Kier molecular flexibility index (Phi) is 4.14. The van der Waals surface area contributed by atoms with Crippen LogP contribution in [0.4, 0.5) is 0 Å². The molecule has 6 nitrogen and oxygen atoms in total. The van der Waals surface area contributed by atoms with Gasteiger partial charge in [0, 0.05) is 13.2 Å². The lowest BCUT2D eigenvalue weighted by Gasteiger charge is -2.16. The molecule has 1 N–H and O–H groups in total. The minimum Gasteiger partial charge on any atom is -0.467 e. The van der Waals surface area contributed by atoms with Crippen LogP contribution in [-0.2, 0) is 16.6 Å². The summed E-state index contributed by atoms with van der Waals surface area (Å²) in [6.45, 7) is 0. The highest BCUT2D eigenvalue weighted by atomic mass is 16.5. The summed E-state index contributed by atoms with van der Waals surface area (Å²) in [6.07, 6.45) is 3.10. The molecule has 0 saturated heterocycles. The number of nitrogens with zero attached hydrogens (tertiary/aromatic N) is 2. The molecule has 2 aromatic rings. The van der Waals surface area contributed by atoms with Gasteiger partial charge in [0.25, 0.3) is 5.91 Å². The van der Waals surface area contributed by atoms with Crippen LogP contribution in [0, 0.1) is 0 Å². The van der Waals surface area contributed by atoms with E-state index in [1.54, 1.807) is 42.1 Å². The molecule has 0 saturated carbocycles. The van der Waals surface area contributed by atoms with Gasteiger partial charge in [-0.2, -0.15) is 0 Å². The average Bonchev–Trinajstić information content (AvgIpc) is 2.91. The minimum atomic E-state index is -0.851. The van der Waals surface area contributed by atoms with Crippen LogP contribution < -0.4 is 5.32 Å². The summed E-state index contributed by atoms with van der Waals surface area (Å²) in [5, 5.41) is 2.62. The SMILES string of the molecule is COC(=O)C(NC(=O)c1cn(C)cn1)c1ccccc1. The maximum Gasteiger partial charge on any atom is 0.333 e. The van der Waals surface area contributed by atoms with Gasteiger partial charge >= 0.3 is 5.97 Å². The fourth-order valence-corrected chi connectivity index (χ4v) is 1.78. The van der Waals surface area contributed by atoms with Crippen LogP contribution in [-0.4, -0.2) is 28.5 Å². The Morgan fingerprint density at radius 3 is 2.55 bits per heavy atom. The Hall–Kier alpha value is -2.63. The number of aromatic nitrogens is 2. The maximum absolute atomic E-state index is 12.1. The predicted octanol–water partition coefficient (Wildman–Crippen LogP) is 1.06. The molecule has 0 bridgehead atoms. The summed E-state index contributed by atoms with van der Waals surface area (Å²) in [5.41, 5.74) is 0.904. The van der Waals surface area contributed by atoms with E-state index >= 15 is 0 Å². The number of imidazole rings is 1. The third-order valence-corrected chi connectivity index (χ3v) is 2.78. The molecule has 1 aromatic heterocycles. The van der Waals surface area contributed by atoms with Crippen molar-refractivity contribution < 1.29 is 14.3 Å². The second kappa shape index (κ2) is 6.01. The van der Waals surface area contributed by atoms with E-state index in [-0.39, 0.29) is 5.69 Å². The molecule has 2 rings (SSSR count). The fraction of sp³-hybridized carbons (Fsp3) is 0.214. The van der Waals surface area contributed by atoms with Gasteiger partial charge in [-0.1, -0.05) is 30.3 Å². The molecular weight excluding hydrogens is 258 g/mol. The molecule has 1 unspecified atom stereocenters. The summed E-state index contributed by atoms with van der Waals surface area (Å²) in [6, 6.07) is 8.06. The quantitative estimate of drug-likeness (QED) is 0.845. The fourth-order valence-electron chi connectivity index (χ4n) is 1.78. The number of carbonyl (C=O) groups excluding carboxylic acids is 2. The lowest BCUT2D eigenvalue weighted by atomic mass is 10.1. The first-order valence-electron chi connectivity index (χ1n) is 6.03. The topological polar surface area (TPSA) is 73.2 Å². The van der Waals surface area contributed by atoms with Gasteiger partial charge < -0.3 is 14.6 Å². The highest BCUT2D eigenvalue weighted by molar-refractivity contribution is 5.95. The van der Waals surface area contributed by atoms with Crippen molar-refractivity contribution in [2.45, 2.75) is 6.04 Å². The van der Waals surface area contributed by atoms with Crippen molar-refractivity contribution in [1.29, 1.82) is 0 Å². The molecule has 104 valence electrons. The number of aryl methyl sites for hydroxylation is 1. The zero-order valence-electron chi connectivity index (χ0n) is 11.2. The Balaban J connectivity index is 2.21. The zero-order chi connectivity index (χ0) is 14.5. The third kappa shape index (κ3) is 3.03. The van der Waals surface area contributed by atoms with Crippen LogP contribution in [0.2, 0.25) is 0 Å². The van der Waals surface area contributed by atoms with Gasteiger partial charge in [0.2, 0.25) is 0 Å². The number of amides is 1. The van der Waals surface area contributed by atoms with Crippen molar-refractivity contribution in [2.75, 3.05) is 7.11 Å². The van der Waals surface area contributed by atoms with E-state index in [1.165, 1.54) is 13.4 Å². The van der Waals surface area contributed by atoms with Gasteiger partial charge in [-0.3, -0.25) is 4.79 Å². The molecule has 1 amide bonds. The van der Waals surface area contributed by atoms with Crippen LogP contribution in [0.1, 0.15) is 22.1 Å². The van der Waals surface area contributed by atoms with E-state index in [4.69, 9.17) is 4.74 Å². The van der Waals surface area contributed by atoms with E-state index in [0.717, 1.165) is 0 Å². The number of methoxy groups -OCH3 is 1. The molecular formula is C14H15N3O3. The highest BCUT2D eigenvalue weighted by Crippen LogP contribution is 2.14. The minimum absolute atomic E-state index is 0.248. The number of rotatable bonds is 4. The number of ether oxygens (including phenoxy) is 1.